The maximum Gasteiger partial charge on any atom is 0.180 e. The van der Waals surface area contributed by atoms with Crippen LogP contribution in [0.3, 0.4) is 0 Å². The minimum Gasteiger partial charge on any atom is -0.370 e. The van der Waals surface area contributed by atoms with Gasteiger partial charge in [0.25, 0.3) is 0 Å². The molecule has 3 aromatic rings. The van der Waals surface area contributed by atoms with Gasteiger partial charge in [0.2, 0.25) is 0 Å². The second-order valence-electron chi connectivity index (χ2n) is 7.79. The molecule has 7 nitrogen and oxygen atoms in total. The lowest BCUT2D eigenvalue weighted by Gasteiger charge is -2.37. The average Bonchev–Trinajstić information content (AvgIpc) is 3.18. The number of fused-ring (bicyclic) bond motifs is 2. The SMILES string of the molecule is C=C1c2cnc(C)nc2CCN1CCN1CCN(c2noc3ccccc23)CC1. The number of hydrogen-bond acceptors (Lipinski definition) is 7. The van der Waals surface area contributed by atoms with Gasteiger partial charge in [-0.25, -0.2) is 9.97 Å². The number of aromatic nitrogens is 3. The fraction of sp³-hybridized carbons (Fsp3) is 0.409. The number of para-hydroxylation sites is 1. The molecule has 0 atom stereocenters. The van der Waals surface area contributed by atoms with Gasteiger partial charge in [-0.15, -0.1) is 0 Å². The van der Waals surface area contributed by atoms with Crippen molar-refractivity contribution >= 4 is 22.5 Å². The van der Waals surface area contributed by atoms with Gasteiger partial charge in [-0.2, -0.15) is 0 Å². The van der Waals surface area contributed by atoms with Gasteiger partial charge in [0.15, 0.2) is 11.4 Å². The molecule has 2 aliphatic heterocycles. The Morgan fingerprint density at radius 2 is 1.90 bits per heavy atom. The Balaban J connectivity index is 1.17. The summed E-state index contributed by atoms with van der Waals surface area (Å²) in [6.07, 6.45) is 2.89. The van der Waals surface area contributed by atoms with Crippen molar-refractivity contribution in [2.75, 3.05) is 50.7 Å². The van der Waals surface area contributed by atoms with Crippen molar-refractivity contribution in [3.63, 3.8) is 0 Å². The van der Waals surface area contributed by atoms with Crippen LogP contribution in [-0.4, -0.2) is 70.7 Å². The predicted molar refractivity (Wildman–Crippen MR) is 114 cm³/mol. The molecule has 0 N–H and O–H groups in total. The molecule has 4 heterocycles. The summed E-state index contributed by atoms with van der Waals surface area (Å²) in [5.41, 5.74) is 4.14. The van der Waals surface area contributed by atoms with Crippen molar-refractivity contribution in [2.24, 2.45) is 0 Å². The third-order valence-corrected chi connectivity index (χ3v) is 6.02. The van der Waals surface area contributed by atoms with Gasteiger partial charge in [-0.1, -0.05) is 23.9 Å². The zero-order valence-electron chi connectivity index (χ0n) is 16.8. The standard InChI is InChI=1S/C22H26N6O/c1-16-19-15-23-17(2)24-20(19)7-8-27(16)12-9-26-10-13-28(14-11-26)22-18-5-3-4-6-21(18)29-25-22/h3-6,15H,1,7-14H2,2H3. The number of benzene rings is 1. The minimum atomic E-state index is 0.836. The molecular formula is C22H26N6O. The lowest BCUT2D eigenvalue weighted by Crippen LogP contribution is -2.48. The average molecular weight is 390 g/mol. The highest BCUT2D eigenvalue weighted by Gasteiger charge is 2.24. The van der Waals surface area contributed by atoms with Crippen molar-refractivity contribution in [1.29, 1.82) is 0 Å². The van der Waals surface area contributed by atoms with Gasteiger partial charge in [0, 0.05) is 69.7 Å². The molecule has 0 unspecified atom stereocenters. The maximum atomic E-state index is 5.47. The molecule has 0 radical (unpaired) electrons. The highest BCUT2D eigenvalue weighted by Crippen LogP contribution is 2.27. The molecule has 0 aliphatic carbocycles. The van der Waals surface area contributed by atoms with Crippen LogP contribution in [0, 0.1) is 6.92 Å². The molecule has 1 saturated heterocycles. The zero-order chi connectivity index (χ0) is 19.8. The van der Waals surface area contributed by atoms with E-state index in [9.17, 15) is 0 Å². The van der Waals surface area contributed by atoms with E-state index in [1.807, 2.05) is 31.3 Å². The molecule has 2 aliphatic rings. The summed E-state index contributed by atoms with van der Waals surface area (Å²) >= 11 is 0. The van der Waals surface area contributed by atoms with E-state index in [0.717, 1.165) is 91.8 Å². The molecule has 5 rings (SSSR count). The summed E-state index contributed by atoms with van der Waals surface area (Å²) in [4.78, 5) is 16.2. The third-order valence-electron chi connectivity index (χ3n) is 6.02. The first-order chi connectivity index (χ1) is 14.2. The van der Waals surface area contributed by atoms with E-state index in [4.69, 9.17) is 4.52 Å². The Labute approximate surface area is 170 Å². The normalized spacial score (nSPS) is 17.8. The van der Waals surface area contributed by atoms with E-state index >= 15 is 0 Å². The van der Waals surface area contributed by atoms with Crippen LogP contribution in [0.4, 0.5) is 5.82 Å². The van der Waals surface area contributed by atoms with Gasteiger partial charge in [-0.3, -0.25) is 4.90 Å². The van der Waals surface area contributed by atoms with Crippen LogP contribution in [0.2, 0.25) is 0 Å². The van der Waals surface area contributed by atoms with Crippen molar-refractivity contribution in [3.8, 4) is 0 Å². The summed E-state index contributed by atoms with van der Waals surface area (Å²) < 4.78 is 5.47. The van der Waals surface area contributed by atoms with Gasteiger partial charge in [-0.05, 0) is 19.1 Å². The first-order valence-corrected chi connectivity index (χ1v) is 10.3. The van der Waals surface area contributed by atoms with Gasteiger partial charge < -0.3 is 14.3 Å². The number of piperazine rings is 1. The van der Waals surface area contributed by atoms with Crippen molar-refractivity contribution in [1.82, 2.24) is 24.9 Å². The Morgan fingerprint density at radius 3 is 2.76 bits per heavy atom. The van der Waals surface area contributed by atoms with Crippen molar-refractivity contribution in [2.45, 2.75) is 13.3 Å². The molecule has 1 aromatic carbocycles. The molecule has 0 spiro atoms. The smallest absolute Gasteiger partial charge is 0.180 e. The highest BCUT2D eigenvalue weighted by molar-refractivity contribution is 5.88. The Morgan fingerprint density at radius 1 is 1.07 bits per heavy atom. The molecule has 29 heavy (non-hydrogen) atoms. The van der Waals surface area contributed by atoms with Gasteiger partial charge >= 0.3 is 0 Å². The number of rotatable bonds is 4. The fourth-order valence-corrected chi connectivity index (χ4v) is 4.29. The number of aryl methyl sites for hydroxylation is 1. The minimum absolute atomic E-state index is 0.836. The van der Waals surface area contributed by atoms with Crippen LogP contribution < -0.4 is 4.90 Å². The van der Waals surface area contributed by atoms with Gasteiger partial charge in [0.1, 0.15) is 5.82 Å². The third kappa shape index (κ3) is 3.46. The van der Waals surface area contributed by atoms with Crippen molar-refractivity contribution in [3.05, 3.63) is 54.1 Å². The van der Waals surface area contributed by atoms with Crippen LogP contribution in [0.15, 0.2) is 41.6 Å². The number of anilines is 1. The Bertz CT molecular complexity index is 1040. The lowest BCUT2D eigenvalue weighted by atomic mass is 10.0. The van der Waals surface area contributed by atoms with E-state index in [0.29, 0.717) is 0 Å². The second kappa shape index (κ2) is 7.48. The van der Waals surface area contributed by atoms with E-state index in [2.05, 4.69) is 42.5 Å². The maximum absolute atomic E-state index is 5.47. The summed E-state index contributed by atoms with van der Waals surface area (Å²) in [7, 11) is 0. The zero-order valence-corrected chi connectivity index (χ0v) is 16.8. The summed E-state index contributed by atoms with van der Waals surface area (Å²) in [5.74, 6) is 1.80. The van der Waals surface area contributed by atoms with E-state index in [1.54, 1.807) is 0 Å². The first-order valence-electron chi connectivity index (χ1n) is 10.3. The molecule has 0 bridgehead atoms. The molecular weight excluding hydrogens is 364 g/mol. The van der Waals surface area contributed by atoms with Crippen LogP contribution in [0.25, 0.3) is 16.7 Å². The van der Waals surface area contributed by atoms with E-state index in [-0.39, 0.29) is 0 Å². The van der Waals surface area contributed by atoms with Crippen LogP contribution >= 0.6 is 0 Å². The summed E-state index contributed by atoms with van der Waals surface area (Å²) in [6.45, 7) is 13.2. The summed E-state index contributed by atoms with van der Waals surface area (Å²) in [6, 6.07) is 8.07. The molecule has 0 amide bonds. The van der Waals surface area contributed by atoms with Gasteiger partial charge in [0.05, 0.1) is 11.1 Å². The second-order valence-corrected chi connectivity index (χ2v) is 7.79. The molecule has 150 valence electrons. The summed E-state index contributed by atoms with van der Waals surface area (Å²) in [5, 5.41) is 5.40. The topological polar surface area (TPSA) is 61.5 Å². The Hall–Kier alpha value is -2.93. The highest BCUT2D eigenvalue weighted by atomic mass is 16.5. The lowest BCUT2D eigenvalue weighted by molar-refractivity contribution is 0.228. The predicted octanol–water partition coefficient (Wildman–Crippen LogP) is 2.58. The fourth-order valence-electron chi connectivity index (χ4n) is 4.29. The first kappa shape index (κ1) is 18.1. The van der Waals surface area contributed by atoms with Crippen LogP contribution in [0.5, 0.6) is 0 Å². The number of hydrogen-bond donors (Lipinski definition) is 0. The van der Waals surface area contributed by atoms with Crippen molar-refractivity contribution < 1.29 is 4.52 Å². The quantitative estimate of drug-likeness (QED) is 0.678. The van der Waals surface area contributed by atoms with E-state index in [1.165, 1.54) is 0 Å². The molecule has 1 fully saturated rings. The molecule has 7 heteroatoms. The largest absolute Gasteiger partial charge is 0.370 e. The molecule has 0 saturated carbocycles. The number of nitrogens with zero attached hydrogens (tertiary/aromatic N) is 6. The monoisotopic (exact) mass is 390 g/mol. The van der Waals surface area contributed by atoms with Crippen LogP contribution in [0.1, 0.15) is 17.1 Å². The van der Waals surface area contributed by atoms with Crippen LogP contribution in [-0.2, 0) is 6.42 Å². The van der Waals surface area contributed by atoms with E-state index < -0.39 is 0 Å². The molecule has 2 aromatic heterocycles. The Kier molecular flexibility index (Phi) is 4.67.